The molecule has 4 heterocycles. The van der Waals surface area contributed by atoms with Crippen molar-refractivity contribution in [2.45, 2.75) is 31.2 Å². The van der Waals surface area contributed by atoms with Crippen molar-refractivity contribution in [2.24, 2.45) is 0 Å². The highest BCUT2D eigenvalue weighted by molar-refractivity contribution is 6.36. The molecule has 4 aromatic rings. The van der Waals surface area contributed by atoms with Crippen LogP contribution in [0, 0.1) is 5.82 Å². The Hall–Kier alpha value is -3.03. The summed E-state index contributed by atoms with van der Waals surface area (Å²) < 4.78 is 21.7. The number of aromatic amines is 1. The zero-order chi connectivity index (χ0) is 22.6. The summed E-state index contributed by atoms with van der Waals surface area (Å²) in [4.78, 5) is 26.4. The minimum atomic E-state index is -0.669. The maximum Gasteiger partial charge on any atom is 0.297 e. The van der Waals surface area contributed by atoms with Crippen LogP contribution >= 0.6 is 11.6 Å². The molecule has 0 bridgehead atoms. The number of benzene rings is 2. The van der Waals surface area contributed by atoms with Crippen LogP contribution in [0.25, 0.3) is 32.9 Å². The molecular weight excluding hydrogens is 443 g/mol. The van der Waals surface area contributed by atoms with Gasteiger partial charge in [-0.3, -0.25) is 19.7 Å². The lowest BCUT2D eigenvalue weighted by Gasteiger charge is -2.31. The van der Waals surface area contributed by atoms with Crippen molar-refractivity contribution < 1.29 is 9.13 Å². The average Bonchev–Trinajstić information content (AvgIpc) is 3.39. The fourth-order valence-electron chi connectivity index (χ4n) is 5.46. The van der Waals surface area contributed by atoms with Crippen molar-refractivity contribution in [1.82, 2.24) is 19.9 Å². The lowest BCUT2D eigenvalue weighted by molar-refractivity contribution is 0.107. The van der Waals surface area contributed by atoms with Crippen LogP contribution in [0.5, 0.6) is 6.01 Å². The zero-order valence-corrected chi connectivity index (χ0v) is 18.7. The van der Waals surface area contributed by atoms with Gasteiger partial charge in [0.1, 0.15) is 17.8 Å². The second-order valence-corrected chi connectivity index (χ2v) is 9.31. The molecule has 168 valence electrons. The van der Waals surface area contributed by atoms with Gasteiger partial charge >= 0.3 is 0 Å². The number of H-pyrrole nitrogens is 1. The average molecular weight is 465 g/mol. The van der Waals surface area contributed by atoms with Crippen LogP contribution in [-0.4, -0.2) is 45.1 Å². The summed E-state index contributed by atoms with van der Waals surface area (Å²) in [5.74, 6) is -0.669. The first-order valence-corrected chi connectivity index (χ1v) is 11.6. The lowest BCUT2D eigenvalue weighted by Crippen LogP contribution is -2.43. The first kappa shape index (κ1) is 20.6. The van der Waals surface area contributed by atoms with Gasteiger partial charge in [-0.2, -0.15) is 4.98 Å². The number of halogens is 2. The van der Waals surface area contributed by atoms with Crippen molar-refractivity contribution in [3.8, 4) is 17.3 Å². The Balaban J connectivity index is 1.43. The Morgan fingerprint density at radius 1 is 1.15 bits per heavy atom. The first-order valence-electron chi connectivity index (χ1n) is 11.2. The number of fused-ring (bicyclic) bond motifs is 3. The standard InChI is InChI=1S/C25H22ClFN4O2/c26-18-8-2-6-15-5-1-7-16(19(15)18)21-20(27)22-17(13-28-21)23(32)30-24(29-22)33-14-25-9-3-11-31(25)12-4-10-25/h1-2,5-8,13H,3-4,9-12,14H2,(H,29,30,32). The minimum Gasteiger partial charge on any atom is -0.463 e. The van der Waals surface area contributed by atoms with Gasteiger partial charge in [0.15, 0.2) is 5.82 Å². The molecular formula is C25H22ClFN4O2. The van der Waals surface area contributed by atoms with Crippen LogP contribution in [0.1, 0.15) is 25.7 Å². The second-order valence-electron chi connectivity index (χ2n) is 8.90. The molecule has 2 fully saturated rings. The second kappa shape index (κ2) is 7.78. The first-order chi connectivity index (χ1) is 16.1. The molecule has 33 heavy (non-hydrogen) atoms. The normalized spacial score (nSPS) is 17.6. The lowest BCUT2D eigenvalue weighted by atomic mass is 9.95. The van der Waals surface area contributed by atoms with Crippen LogP contribution in [0.15, 0.2) is 47.4 Å². The Morgan fingerprint density at radius 2 is 1.91 bits per heavy atom. The molecule has 2 aromatic heterocycles. The van der Waals surface area contributed by atoms with E-state index in [2.05, 4.69) is 19.9 Å². The van der Waals surface area contributed by atoms with E-state index in [9.17, 15) is 4.79 Å². The van der Waals surface area contributed by atoms with E-state index in [1.54, 1.807) is 12.1 Å². The number of ether oxygens (including phenoxy) is 1. The smallest absolute Gasteiger partial charge is 0.297 e. The quantitative estimate of drug-likeness (QED) is 0.463. The van der Waals surface area contributed by atoms with E-state index < -0.39 is 11.4 Å². The number of pyridine rings is 1. The molecule has 0 atom stereocenters. The Kier molecular flexibility index (Phi) is 4.85. The Bertz CT molecular complexity index is 1440. The molecule has 6 nitrogen and oxygen atoms in total. The highest BCUT2D eigenvalue weighted by atomic mass is 35.5. The summed E-state index contributed by atoms with van der Waals surface area (Å²) in [6.07, 6.45) is 5.77. The van der Waals surface area contributed by atoms with Crippen LogP contribution < -0.4 is 10.3 Å². The van der Waals surface area contributed by atoms with Gasteiger partial charge in [0.2, 0.25) is 0 Å². The van der Waals surface area contributed by atoms with Crippen molar-refractivity contribution in [1.29, 1.82) is 0 Å². The van der Waals surface area contributed by atoms with Crippen LogP contribution in [0.4, 0.5) is 4.39 Å². The molecule has 8 heteroatoms. The maximum atomic E-state index is 15.7. The van der Waals surface area contributed by atoms with Crippen LogP contribution in [0.3, 0.4) is 0 Å². The van der Waals surface area contributed by atoms with Gasteiger partial charge in [0.05, 0.1) is 10.9 Å². The molecule has 0 aliphatic carbocycles. The van der Waals surface area contributed by atoms with Crippen molar-refractivity contribution in [3.05, 3.63) is 63.8 Å². The third-order valence-corrected chi connectivity index (χ3v) is 7.38. The summed E-state index contributed by atoms with van der Waals surface area (Å²) in [5, 5.41) is 2.16. The summed E-state index contributed by atoms with van der Waals surface area (Å²) in [5.41, 5.74) is 0.107. The predicted molar refractivity (Wildman–Crippen MR) is 126 cm³/mol. The summed E-state index contributed by atoms with van der Waals surface area (Å²) in [6, 6.07) is 11.1. The third kappa shape index (κ3) is 3.30. The van der Waals surface area contributed by atoms with Gasteiger partial charge in [0.25, 0.3) is 11.6 Å². The highest BCUT2D eigenvalue weighted by Gasteiger charge is 2.45. The van der Waals surface area contributed by atoms with Gasteiger partial charge < -0.3 is 4.74 Å². The van der Waals surface area contributed by atoms with Crippen LogP contribution in [0.2, 0.25) is 5.02 Å². The molecule has 2 aromatic carbocycles. The number of hydrogen-bond donors (Lipinski definition) is 1. The Morgan fingerprint density at radius 3 is 2.70 bits per heavy atom. The van der Waals surface area contributed by atoms with E-state index >= 15 is 4.39 Å². The SMILES string of the molecule is O=c1[nH]c(OCC23CCCN2CCC3)nc2c(F)c(-c3cccc4cccc(Cl)c34)ncc12. The maximum absolute atomic E-state index is 15.7. The minimum absolute atomic E-state index is 0.00479. The molecule has 1 N–H and O–H groups in total. The predicted octanol–water partition coefficient (Wildman–Crippen LogP) is 4.94. The van der Waals surface area contributed by atoms with Gasteiger partial charge in [-0.1, -0.05) is 41.9 Å². The molecule has 2 aliphatic heterocycles. The van der Waals surface area contributed by atoms with Crippen molar-refractivity contribution in [3.63, 3.8) is 0 Å². The van der Waals surface area contributed by atoms with E-state index in [0.717, 1.165) is 44.2 Å². The van der Waals surface area contributed by atoms with E-state index in [-0.39, 0.29) is 28.1 Å². The number of nitrogens with one attached hydrogen (secondary N) is 1. The zero-order valence-electron chi connectivity index (χ0n) is 17.9. The number of aromatic nitrogens is 3. The van der Waals surface area contributed by atoms with E-state index in [4.69, 9.17) is 16.3 Å². The van der Waals surface area contributed by atoms with Crippen LogP contribution in [-0.2, 0) is 0 Å². The van der Waals surface area contributed by atoms with E-state index in [1.165, 1.54) is 6.20 Å². The highest BCUT2D eigenvalue weighted by Crippen LogP contribution is 2.39. The molecule has 2 saturated heterocycles. The molecule has 0 amide bonds. The Labute approximate surface area is 194 Å². The molecule has 0 spiro atoms. The summed E-state index contributed by atoms with van der Waals surface area (Å²) in [6.45, 7) is 2.57. The van der Waals surface area contributed by atoms with Crippen molar-refractivity contribution in [2.75, 3.05) is 19.7 Å². The molecule has 6 rings (SSSR count). The molecule has 2 aliphatic rings. The number of nitrogens with zero attached hydrogens (tertiary/aromatic N) is 3. The van der Waals surface area contributed by atoms with E-state index in [0.29, 0.717) is 22.6 Å². The largest absolute Gasteiger partial charge is 0.463 e. The molecule has 0 unspecified atom stereocenters. The number of rotatable bonds is 4. The number of hydrogen-bond acceptors (Lipinski definition) is 5. The fourth-order valence-corrected chi connectivity index (χ4v) is 5.74. The molecule has 0 saturated carbocycles. The third-order valence-electron chi connectivity index (χ3n) is 7.07. The summed E-state index contributed by atoms with van der Waals surface area (Å²) >= 11 is 6.44. The topological polar surface area (TPSA) is 71.1 Å². The van der Waals surface area contributed by atoms with Gasteiger partial charge in [-0.15, -0.1) is 0 Å². The van der Waals surface area contributed by atoms with Gasteiger partial charge in [0, 0.05) is 22.2 Å². The van der Waals surface area contributed by atoms with E-state index in [1.807, 2.05) is 24.3 Å². The van der Waals surface area contributed by atoms with Gasteiger partial charge in [-0.05, 0) is 50.2 Å². The summed E-state index contributed by atoms with van der Waals surface area (Å²) in [7, 11) is 0. The fraction of sp³-hybridized carbons (Fsp3) is 0.320. The monoisotopic (exact) mass is 464 g/mol. The van der Waals surface area contributed by atoms with Gasteiger partial charge in [-0.25, -0.2) is 4.39 Å². The van der Waals surface area contributed by atoms with Crippen molar-refractivity contribution >= 4 is 33.3 Å². The molecule has 0 radical (unpaired) electrons.